The van der Waals surface area contributed by atoms with Crippen molar-refractivity contribution in [2.45, 2.75) is 59.5 Å². The molecule has 0 radical (unpaired) electrons. The van der Waals surface area contributed by atoms with E-state index in [9.17, 15) is 4.79 Å². The van der Waals surface area contributed by atoms with Crippen LogP contribution in [0.1, 0.15) is 62.4 Å². The lowest BCUT2D eigenvalue weighted by molar-refractivity contribution is 0.0959. The number of aliphatic imine (C=N–C) groups is 1. The molecule has 22 heavy (non-hydrogen) atoms. The predicted molar refractivity (Wildman–Crippen MR) is 91.3 cm³/mol. The van der Waals surface area contributed by atoms with Crippen LogP contribution in [0.2, 0.25) is 0 Å². The summed E-state index contributed by atoms with van der Waals surface area (Å²) in [7, 11) is 0. The highest BCUT2D eigenvalue weighted by Gasteiger charge is 2.12. The van der Waals surface area contributed by atoms with Crippen molar-refractivity contribution in [3.63, 3.8) is 0 Å². The number of carbonyl (C=O) groups excluding carboxylic acids is 1. The van der Waals surface area contributed by atoms with E-state index in [4.69, 9.17) is 4.74 Å². The van der Waals surface area contributed by atoms with Crippen LogP contribution in [0.3, 0.4) is 0 Å². The van der Waals surface area contributed by atoms with Gasteiger partial charge in [-0.05, 0) is 38.8 Å². The fourth-order valence-corrected chi connectivity index (χ4v) is 2.04. The Bertz CT molecular complexity index is 496. The van der Waals surface area contributed by atoms with Crippen LogP contribution in [0.5, 0.6) is 0 Å². The minimum absolute atomic E-state index is 0.0217. The standard InChI is InChI=1S/C18H28N2O2/c1-5-6-7-10-13-19-18(22-14(2)3)20-17(21)16-12-9-8-11-15(16)4/h8-9,11-12,14H,5-7,10,13H2,1-4H3,(H,19,20,21). The predicted octanol–water partition coefficient (Wildman–Crippen LogP) is 4.09. The molecule has 0 fully saturated rings. The number of unbranched alkanes of at least 4 members (excludes halogenated alkanes) is 3. The largest absolute Gasteiger partial charge is 0.462 e. The molecule has 0 atom stereocenters. The molecule has 0 aliphatic rings. The van der Waals surface area contributed by atoms with Crippen molar-refractivity contribution in [3.8, 4) is 0 Å². The summed E-state index contributed by atoms with van der Waals surface area (Å²) in [6.07, 6.45) is 4.56. The molecule has 122 valence electrons. The smallest absolute Gasteiger partial charge is 0.291 e. The molecule has 0 saturated carbocycles. The highest BCUT2D eigenvalue weighted by molar-refractivity contribution is 6.04. The summed E-state index contributed by atoms with van der Waals surface area (Å²) in [6, 6.07) is 7.81. The Morgan fingerprint density at radius 2 is 1.95 bits per heavy atom. The maximum Gasteiger partial charge on any atom is 0.291 e. The molecule has 0 saturated heterocycles. The first-order valence-electron chi connectivity index (χ1n) is 8.12. The molecule has 1 amide bonds. The van der Waals surface area contributed by atoms with Crippen molar-refractivity contribution in [3.05, 3.63) is 35.4 Å². The lowest BCUT2D eigenvalue weighted by atomic mass is 10.1. The molecular weight excluding hydrogens is 276 g/mol. The van der Waals surface area contributed by atoms with Gasteiger partial charge in [0.2, 0.25) is 0 Å². The van der Waals surface area contributed by atoms with E-state index < -0.39 is 0 Å². The van der Waals surface area contributed by atoms with E-state index in [1.165, 1.54) is 12.8 Å². The zero-order valence-corrected chi connectivity index (χ0v) is 14.2. The first-order chi connectivity index (χ1) is 10.5. The van der Waals surface area contributed by atoms with Crippen molar-refractivity contribution in [2.75, 3.05) is 6.54 Å². The van der Waals surface area contributed by atoms with E-state index >= 15 is 0 Å². The second-order valence-electron chi connectivity index (χ2n) is 5.68. The third kappa shape index (κ3) is 6.74. The number of carbonyl (C=O) groups is 1. The maximum atomic E-state index is 12.3. The maximum absolute atomic E-state index is 12.3. The van der Waals surface area contributed by atoms with Crippen molar-refractivity contribution < 1.29 is 9.53 Å². The number of hydrogen-bond donors (Lipinski definition) is 1. The van der Waals surface area contributed by atoms with Crippen molar-refractivity contribution in [2.24, 2.45) is 4.99 Å². The Morgan fingerprint density at radius 3 is 2.59 bits per heavy atom. The van der Waals surface area contributed by atoms with Crippen LogP contribution in [-0.2, 0) is 4.74 Å². The molecule has 1 rings (SSSR count). The number of aryl methyl sites for hydroxylation is 1. The molecule has 4 heteroatoms. The van der Waals surface area contributed by atoms with E-state index in [1.54, 1.807) is 6.07 Å². The van der Waals surface area contributed by atoms with E-state index in [0.29, 0.717) is 18.1 Å². The summed E-state index contributed by atoms with van der Waals surface area (Å²) < 4.78 is 5.61. The number of amides is 1. The van der Waals surface area contributed by atoms with Crippen molar-refractivity contribution >= 4 is 11.9 Å². The van der Waals surface area contributed by atoms with E-state index in [2.05, 4.69) is 17.2 Å². The lowest BCUT2D eigenvalue weighted by Gasteiger charge is -2.14. The summed E-state index contributed by atoms with van der Waals surface area (Å²) >= 11 is 0. The fourth-order valence-electron chi connectivity index (χ4n) is 2.04. The molecule has 0 aliphatic heterocycles. The van der Waals surface area contributed by atoms with Gasteiger partial charge in [0.1, 0.15) is 0 Å². The molecule has 0 heterocycles. The van der Waals surface area contributed by atoms with Crippen molar-refractivity contribution in [1.29, 1.82) is 0 Å². The summed E-state index contributed by atoms with van der Waals surface area (Å²) in [5, 5.41) is 2.79. The number of rotatable bonds is 7. The van der Waals surface area contributed by atoms with Gasteiger partial charge >= 0.3 is 0 Å². The number of nitrogens with one attached hydrogen (secondary N) is 1. The monoisotopic (exact) mass is 304 g/mol. The van der Waals surface area contributed by atoms with Crippen molar-refractivity contribution in [1.82, 2.24) is 5.32 Å². The normalized spacial score (nSPS) is 11.6. The van der Waals surface area contributed by atoms with Crippen LogP contribution < -0.4 is 5.32 Å². The van der Waals surface area contributed by atoms with Gasteiger partial charge in [-0.3, -0.25) is 10.1 Å². The van der Waals surface area contributed by atoms with Gasteiger partial charge in [-0.1, -0.05) is 44.4 Å². The minimum Gasteiger partial charge on any atom is -0.462 e. The van der Waals surface area contributed by atoms with Crippen LogP contribution in [0.25, 0.3) is 0 Å². The third-order valence-electron chi connectivity index (χ3n) is 3.22. The highest BCUT2D eigenvalue weighted by Crippen LogP contribution is 2.07. The van der Waals surface area contributed by atoms with Gasteiger partial charge in [0.05, 0.1) is 6.10 Å². The Balaban J connectivity index is 2.66. The number of amidine groups is 1. The molecule has 0 aliphatic carbocycles. The molecule has 1 aromatic rings. The molecule has 4 nitrogen and oxygen atoms in total. The Hall–Kier alpha value is -1.84. The molecule has 0 aromatic heterocycles. The van der Waals surface area contributed by atoms with E-state index in [-0.39, 0.29) is 12.0 Å². The average Bonchev–Trinajstić information content (AvgIpc) is 2.46. The van der Waals surface area contributed by atoms with Crippen LogP contribution >= 0.6 is 0 Å². The highest BCUT2D eigenvalue weighted by atomic mass is 16.5. The van der Waals surface area contributed by atoms with Crippen LogP contribution in [-0.4, -0.2) is 24.6 Å². The van der Waals surface area contributed by atoms with Crippen LogP contribution in [0, 0.1) is 6.92 Å². The fraction of sp³-hybridized carbons (Fsp3) is 0.556. The van der Waals surface area contributed by atoms with Gasteiger partial charge in [-0.2, -0.15) is 0 Å². The zero-order chi connectivity index (χ0) is 16.4. The summed E-state index contributed by atoms with van der Waals surface area (Å²) in [4.78, 5) is 16.7. The number of ether oxygens (including phenoxy) is 1. The summed E-state index contributed by atoms with van der Waals surface area (Å²) in [6.45, 7) is 8.62. The molecule has 1 aromatic carbocycles. The van der Waals surface area contributed by atoms with Gasteiger partial charge < -0.3 is 4.74 Å². The van der Waals surface area contributed by atoms with Gasteiger partial charge in [-0.25, -0.2) is 4.99 Å². The number of benzene rings is 1. The molecule has 0 spiro atoms. The number of hydrogen-bond acceptors (Lipinski definition) is 3. The van der Waals surface area contributed by atoms with E-state index in [1.807, 2.05) is 39.0 Å². The average molecular weight is 304 g/mol. The Labute approximate surface area is 134 Å². The summed E-state index contributed by atoms with van der Waals surface area (Å²) in [5.74, 6) is -0.175. The van der Waals surface area contributed by atoms with E-state index in [0.717, 1.165) is 18.4 Å². The lowest BCUT2D eigenvalue weighted by Crippen LogP contribution is -2.34. The summed E-state index contributed by atoms with van der Waals surface area (Å²) in [5.41, 5.74) is 1.58. The van der Waals surface area contributed by atoms with Gasteiger partial charge in [0.15, 0.2) is 0 Å². The first kappa shape index (κ1) is 18.2. The SMILES string of the molecule is CCCCCCN=C(NC(=O)c1ccccc1C)OC(C)C. The third-order valence-corrected chi connectivity index (χ3v) is 3.22. The second kappa shape index (κ2) is 9.98. The molecule has 1 N–H and O–H groups in total. The Kier molecular flexibility index (Phi) is 8.26. The Morgan fingerprint density at radius 1 is 1.23 bits per heavy atom. The second-order valence-corrected chi connectivity index (χ2v) is 5.68. The van der Waals surface area contributed by atoms with Crippen LogP contribution in [0.15, 0.2) is 29.3 Å². The quantitative estimate of drug-likeness (QED) is 0.468. The molecular formula is C18H28N2O2. The zero-order valence-electron chi connectivity index (χ0n) is 14.2. The molecule has 0 unspecified atom stereocenters. The first-order valence-corrected chi connectivity index (χ1v) is 8.12. The van der Waals surface area contributed by atoms with Crippen LogP contribution in [0.4, 0.5) is 0 Å². The van der Waals surface area contributed by atoms with Gasteiger partial charge in [-0.15, -0.1) is 0 Å². The van der Waals surface area contributed by atoms with Gasteiger partial charge in [0.25, 0.3) is 11.9 Å². The topological polar surface area (TPSA) is 50.7 Å². The minimum atomic E-state index is -0.175. The molecule has 0 bridgehead atoms. The number of nitrogens with zero attached hydrogens (tertiary/aromatic N) is 1. The van der Waals surface area contributed by atoms with Gasteiger partial charge in [0, 0.05) is 12.1 Å².